The molecule has 0 amide bonds. The van der Waals surface area contributed by atoms with Crippen LogP contribution in [0.4, 0.5) is 5.69 Å². The minimum atomic E-state index is -0.207. The van der Waals surface area contributed by atoms with E-state index < -0.39 is 0 Å². The number of ether oxygens (including phenoxy) is 1. The van der Waals surface area contributed by atoms with E-state index in [1.807, 2.05) is 30.1 Å². The molecule has 0 saturated heterocycles. The van der Waals surface area contributed by atoms with Crippen molar-refractivity contribution in [3.8, 4) is 0 Å². The van der Waals surface area contributed by atoms with E-state index in [0.717, 1.165) is 15.7 Å². The van der Waals surface area contributed by atoms with E-state index in [9.17, 15) is 4.79 Å². The molecule has 19 heavy (non-hydrogen) atoms. The molecule has 2 N–H and O–H groups in total. The maximum Gasteiger partial charge on any atom is 0.307 e. The lowest BCUT2D eigenvalue weighted by molar-refractivity contribution is -0.142. The van der Waals surface area contributed by atoms with Gasteiger partial charge >= 0.3 is 5.97 Å². The van der Waals surface area contributed by atoms with Crippen molar-refractivity contribution in [2.45, 2.75) is 13.3 Å². The van der Waals surface area contributed by atoms with E-state index >= 15 is 0 Å². The van der Waals surface area contributed by atoms with Gasteiger partial charge in [0.25, 0.3) is 0 Å². The summed E-state index contributed by atoms with van der Waals surface area (Å²) in [5.74, 6) is -0.207. The molecule has 1 aromatic carbocycles. The summed E-state index contributed by atoms with van der Waals surface area (Å²) in [5.41, 5.74) is 7.39. The molecule has 0 unspecified atom stereocenters. The average Bonchev–Trinajstić information content (AvgIpc) is 2.35. The van der Waals surface area contributed by atoms with Gasteiger partial charge in [-0.1, -0.05) is 28.1 Å². The number of nitrogens with zero attached hydrogens (tertiary/aromatic N) is 1. The first-order valence-electron chi connectivity index (χ1n) is 5.91. The van der Waals surface area contributed by atoms with Gasteiger partial charge in [-0.05, 0) is 25.1 Å². The zero-order valence-electron chi connectivity index (χ0n) is 11.0. The van der Waals surface area contributed by atoms with Gasteiger partial charge in [-0.3, -0.25) is 4.79 Å². The van der Waals surface area contributed by atoms with E-state index in [-0.39, 0.29) is 5.97 Å². The van der Waals surface area contributed by atoms with Crippen LogP contribution in [0.25, 0.3) is 0 Å². The molecule has 1 aromatic rings. The molecule has 0 radical (unpaired) electrons. The van der Waals surface area contributed by atoms with Crippen LogP contribution in [0.1, 0.15) is 18.9 Å². The summed E-state index contributed by atoms with van der Waals surface area (Å²) in [5, 5.41) is 0. The number of carbonyl (C=O) groups excluding carboxylic acids is 1. The van der Waals surface area contributed by atoms with Gasteiger partial charge in [-0.15, -0.1) is 0 Å². The number of esters is 1. The molecule has 0 aliphatic heterocycles. The molecule has 0 fully saturated rings. The summed E-state index contributed by atoms with van der Waals surface area (Å²) < 4.78 is 5.84. The molecule has 6 heteroatoms. The number of rotatable bonds is 6. The largest absolute Gasteiger partial charge is 0.466 e. The van der Waals surface area contributed by atoms with Gasteiger partial charge in [0.1, 0.15) is 4.99 Å². The van der Waals surface area contributed by atoms with Crippen molar-refractivity contribution in [1.82, 2.24) is 0 Å². The molecule has 0 saturated carbocycles. The zero-order chi connectivity index (χ0) is 14.4. The first-order valence-corrected chi connectivity index (χ1v) is 7.12. The molecular formula is C13H17BrN2O2S. The summed E-state index contributed by atoms with van der Waals surface area (Å²) in [6.45, 7) is 2.74. The topological polar surface area (TPSA) is 55.6 Å². The van der Waals surface area contributed by atoms with Gasteiger partial charge < -0.3 is 15.4 Å². The number of benzene rings is 1. The Kier molecular flexibility index (Phi) is 6.24. The predicted octanol–water partition coefficient (Wildman–Crippen LogP) is 2.47. The first kappa shape index (κ1) is 15.9. The Labute approximate surface area is 127 Å². The fourth-order valence-electron chi connectivity index (χ4n) is 1.64. The quantitative estimate of drug-likeness (QED) is 0.634. The van der Waals surface area contributed by atoms with Crippen molar-refractivity contribution < 1.29 is 9.53 Å². The highest BCUT2D eigenvalue weighted by atomic mass is 79.9. The molecule has 1 rings (SSSR count). The minimum Gasteiger partial charge on any atom is -0.466 e. The monoisotopic (exact) mass is 344 g/mol. The van der Waals surface area contributed by atoms with Gasteiger partial charge in [0, 0.05) is 29.3 Å². The van der Waals surface area contributed by atoms with E-state index in [4.69, 9.17) is 22.7 Å². The fourth-order valence-corrected chi connectivity index (χ4v) is 2.16. The summed E-state index contributed by atoms with van der Waals surface area (Å²) in [4.78, 5) is 13.6. The highest BCUT2D eigenvalue weighted by Gasteiger charge is 2.12. The smallest absolute Gasteiger partial charge is 0.307 e. The maximum atomic E-state index is 11.4. The third kappa shape index (κ3) is 4.80. The van der Waals surface area contributed by atoms with Crippen molar-refractivity contribution in [1.29, 1.82) is 0 Å². The van der Waals surface area contributed by atoms with Crippen molar-refractivity contribution >= 4 is 44.8 Å². The second-order valence-electron chi connectivity index (χ2n) is 4.00. The Hall–Kier alpha value is -1.14. The van der Waals surface area contributed by atoms with Crippen LogP contribution in [-0.2, 0) is 9.53 Å². The lowest BCUT2D eigenvalue weighted by Crippen LogP contribution is -2.25. The summed E-state index contributed by atoms with van der Waals surface area (Å²) in [7, 11) is 1.89. The number of hydrogen-bond acceptors (Lipinski definition) is 4. The van der Waals surface area contributed by atoms with Gasteiger partial charge in [0.2, 0.25) is 0 Å². The number of anilines is 1. The summed E-state index contributed by atoms with van der Waals surface area (Å²) in [6, 6.07) is 5.68. The van der Waals surface area contributed by atoms with Gasteiger partial charge in [0.15, 0.2) is 0 Å². The highest BCUT2D eigenvalue weighted by Crippen LogP contribution is 2.24. The van der Waals surface area contributed by atoms with Crippen molar-refractivity contribution in [2.24, 2.45) is 5.73 Å². The van der Waals surface area contributed by atoms with E-state index in [1.54, 1.807) is 6.92 Å². The standard InChI is InChI=1S/C13H17BrN2O2S/c1-3-18-12(17)6-7-16(2)11-8-9(14)4-5-10(11)13(15)19/h4-5,8H,3,6-7H2,1-2H3,(H2,15,19). The molecule has 0 spiro atoms. The highest BCUT2D eigenvalue weighted by molar-refractivity contribution is 9.10. The molecule has 0 atom stereocenters. The fraction of sp³-hybridized carbons (Fsp3) is 0.385. The Morgan fingerprint density at radius 1 is 1.53 bits per heavy atom. The van der Waals surface area contributed by atoms with Crippen LogP contribution in [0, 0.1) is 0 Å². The number of nitrogens with two attached hydrogens (primary N) is 1. The normalized spacial score (nSPS) is 10.1. The number of halogens is 1. The minimum absolute atomic E-state index is 0.207. The van der Waals surface area contributed by atoms with Crippen LogP contribution in [0.2, 0.25) is 0 Å². The maximum absolute atomic E-state index is 11.4. The third-order valence-corrected chi connectivity index (χ3v) is 3.31. The van der Waals surface area contributed by atoms with Gasteiger partial charge in [-0.25, -0.2) is 0 Å². The van der Waals surface area contributed by atoms with Crippen LogP contribution in [-0.4, -0.2) is 31.2 Å². The summed E-state index contributed by atoms with van der Waals surface area (Å²) >= 11 is 8.45. The summed E-state index contributed by atoms with van der Waals surface area (Å²) in [6.07, 6.45) is 0.327. The zero-order valence-corrected chi connectivity index (χ0v) is 13.4. The third-order valence-electron chi connectivity index (χ3n) is 2.59. The number of carbonyl (C=O) groups is 1. The van der Waals surface area contributed by atoms with Crippen LogP contribution < -0.4 is 10.6 Å². The lowest BCUT2D eigenvalue weighted by Gasteiger charge is -2.22. The Balaban J connectivity index is 2.80. The molecule has 4 nitrogen and oxygen atoms in total. The van der Waals surface area contributed by atoms with Crippen LogP contribution in [0.3, 0.4) is 0 Å². The molecule has 0 aromatic heterocycles. The second kappa shape index (κ2) is 7.45. The van der Waals surface area contributed by atoms with Crippen LogP contribution in [0.15, 0.2) is 22.7 Å². The van der Waals surface area contributed by atoms with E-state index in [1.165, 1.54) is 0 Å². The molecule has 0 aliphatic rings. The molecular weight excluding hydrogens is 328 g/mol. The average molecular weight is 345 g/mol. The van der Waals surface area contributed by atoms with Crippen LogP contribution >= 0.6 is 28.1 Å². The van der Waals surface area contributed by atoms with Crippen LogP contribution in [0.5, 0.6) is 0 Å². The molecule has 0 bridgehead atoms. The SMILES string of the molecule is CCOC(=O)CCN(C)c1cc(Br)ccc1C(N)=S. The first-order chi connectivity index (χ1) is 8.95. The molecule has 0 aliphatic carbocycles. The van der Waals surface area contributed by atoms with E-state index in [0.29, 0.717) is 24.6 Å². The van der Waals surface area contributed by atoms with Gasteiger partial charge in [0.05, 0.1) is 13.0 Å². The Morgan fingerprint density at radius 2 is 2.21 bits per heavy atom. The van der Waals surface area contributed by atoms with Gasteiger partial charge in [-0.2, -0.15) is 0 Å². The predicted molar refractivity (Wildman–Crippen MR) is 84.5 cm³/mol. The number of hydrogen-bond donors (Lipinski definition) is 1. The van der Waals surface area contributed by atoms with Crippen molar-refractivity contribution in [3.63, 3.8) is 0 Å². The molecule has 0 heterocycles. The molecule has 104 valence electrons. The number of thiocarbonyl (C=S) groups is 1. The Bertz CT molecular complexity index is 480. The van der Waals surface area contributed by atoms with Crippen molar-refractivity contribution in [3.05, 3.63) is 28.2 Å². The Morgan fingerprint density at radius 3 is 2.79 bits per heavy atom. The second-order valence-corrected chi connectivity index (χ2v) is 5.36. The van der Waals surface area contributed by atoms with Crippen molar-refractivity contribution in [2.75, 3.05) is 25.1 Å². The lowest BCUT2D eigenvalue weighted by atomic mass is 10.1. The van der Waals surface area contributed by atoms with E-state index in [2.05, 4.69) is 15.9 Å².